The van der Waals surface area contributed by atoms with Crippen molar-refractivity contribution in [1.29, 1.82) is 0 Å². The highest BCUT2D eigenvalue weighted by Gasteiger charge is 2.37. The number of ether oxygens (including phenoxy) is 3. The zero-order chi connectivity index (χ0) is 23.3. The Bertz CT molecular complexity index is 1210. The Kier molecular flexibility index (Phi) is 6.99. The van der Waals surface area contributed by atoms with Crippen molar-refractivity contribution >= 4 is 21.4 Å². The Hall–Kier alpha value is -3.59. The molecular formula is C23H24N2O6S. The van der Waals surface area contributed by atoms with Gasteiger partial charge >= 0.3 is 0 Å². The summed E-state index contributed by atoms with van der Waals surface area (Å²) in [4.78, 5) is 17.2. The highest BCUT2D eigenvalue weighted by atomic mass is 32.2. The molecule has 0 aliphatic rings. The fraction of sp³-hybridized carbons (Fsp3) is 0.217. The predicted octanol–water partition coefficient (Wildman–Crippen LogP) is 3.57. The highest BCUT2D eigenvalue weighted by molar-refractivity contribution is 7.92. The van der Waals surface area contributed by atoms with Gasteiger partial charge < -0.3 is 19.5 Å². The van der Waals surface area contributed by atoms with Gasteiger partial charge in [0.05, 0.1) is 38.1 Å². The molecule has 0 spiro atoms. The van der Waals surface area contributed by atoms with Crippen molar-refractivity contribution in [2.75, 3.05) is 26.6 Å². The third kappa shape index (κ3) is 4.67. The maximum absolute atomic E-state index is 13.8. The summed E-state index contributed by atoms with van der Waals surface area (Å²) in [5.74, 6) is 0.333. The molecule has 1 unspecified atom stereocenters. The Morgan fingerprint density at radius 2 is 1.72 bits per heavy atom. The van der Waals surface area contributed by atoms with Gasteiger partial charge in [-0.2, -0.15) is 0 Å². The molecule has 3 aromatic rings. The molecule has 0 aliphatic heterocycles. The predicted molar refractivity (Wildman–Crippen MR) is 120 cm³/mol. The second-order valence-electron chi connectivity index (χ2n) is 6.90. The largest absolute Gasteiger partial charge is 0.497 e. The molecule has 1 atom stereocenters. The van der Waals surface area contributed by atoms with Crippen LogP contribution < -0.4 is 19.5 Å². The van der Waals surface area contributed by atoms with E-state index in [1.54, 1.807) is 43.5 Å². The number of pyridine rings is 1. The number of carbonyl (C=O) groups is 1. The van der Waals surface area contributed by atoms with Crippen molar-refractivity contribution in [3.05, 3.63) is 72.1 Å². The SMILES string of the molecule is COc1ccc(C)c(C(C(=O)Nc2cccnc2)S(=O)(=O)c2ccc(OC)c(OC)c2)c1. The van der Waals surface area contributed by atoms with Crippen molar-refractivity contribution < 1.29 is 27.4 Å². The third-order valence-corrected chi connectivity index (χ3v) is 6.93. The van der Waals surface area contributed by atoms with Crippen LogP contribution in [0.2, 0.25) is 0 Å². The number of anilines is 1. The van der Waals surface area contributed by atoms with Crippen LogP contribution in [0.3, 0.4) is 0 Å². The maximum Gasteiger partial charge on any atom is 0.247 e. The minimum Gasteiger partial charge on any atom is -0.497 e. The molecule has 0 fully saturated rings. The van der Waals surface area contributed by atoms with E-state index in [1.165, 1.54) is 45.7 Å². The molecule has 0 saturated carbocycles. The topological polar surface area (TPSA) is 104 Å². The lowest BCUT2D eigenvalue weighted by molar-refractivity contribution is -0.115. The number of aryl methyl sites for hydroxylation is 1. The molecule has 3 rings (SSSR count). The number of methoxy groups -OCH3 is 3. The van der Waals surface area contributed by atoms with Gasteiger partial charge in [-0.3, -0.25) is 9.78 Å². The zero-order valence-electron chi connectivity index (χ0n) is 18.2. The standard InChI is InChI=1S/C23H24N2O6S/c1-15-7-8-17(29-2)12-19(15)22(23(26)25-16-6-5-11-24-14-16)32(27,28)18-9-10-20(30-3)21(13-18)31-4/h5-14,22H,1-4H3,(H,25,26). The molecular weight excluding hydrogens is 432 g/mol. The summed E-state index contributed by atoms with van der Waals surface area (Å²) >= 11 is 0. The first-order valence-corrected chi connectivity index (χ1v) is 11.2. The Balaban J connectivity index is 2.16. The van der Waals surface area contributed by atoms with Gasteiger partial charge in [-0.1, -0.05) is 6.07 Å². The maximum atomic E-state index is 13.8. The second-order valence-corrected chi connectivity index (χ2v) is 8.93. The Morgan fingerprint density at radius 3 is 2.34 bits per heavy atom. The smallest absolute Gasteiger partial charge is 0.247 e. The number of aromatic nitrogens is 1. The number of nitrogens with zero attached hydrogens (tertiary/aromatic N) is 1. The fourth-order valence-electron chi connectivity index (χ4n) is 3.25. The molecule has 0 aliphatic carbocycles. The Morgan fingerprint density at radius 1 is 0.969 bits per heavy atom. The lowest BCUT2D eigenvalue weighted by Gasteiger charge is -2.21. The molecule has 9 heteroatoms. The first-order chi connectivity index (χ1) is 15.3. The lowest BCUT2D eigenvalue weighted by atomic mass is 10.0. The Labute approximate surface area is 187 Å². The van der Waals surface area contributed by atoms with Crippen molar-refractivity contribution in [2.45, 2.75) is 17.1 Å². The minimum atomic E-state index is -4.20. The van der Waals surface area contributed by atoms with Gasteiger partial charge in [0.25, 0.3) is 0 Å². The molecule has 1 N–H and O–H groups in total. The molecule has 32 heavy (non-hydrogen) atoms. The van der Waals surface area contributed by atoms with Gasteiger partial charge in [0.1, 0.15) is 5.75 Å². The van der Waals surface area contributed by atoms with Crippen molar-refractivity contribution in [3.63, 3.8) is 0 Å². The van der Waals surface area contributed by atoms with Crippen LogP contribution in [0.25, 0.3) is 0 Å². The zero-order valence-corrected chi connectivity index (χ0v) is 19.0. The number of rotatable bonds is 8. The van der Waals surface area contributed by atoms with Crippen molar-refractivity contribution in [3.8, 4) is 17.2 Å². The van der Waals surface area contributed by atoms with E-state index >= 15 is 0 Å². The first-order valence-electron chi connectivity index (χ1n) is 9.63. The first kappa shape index (κ1) is 23.1. The van der Waals surface area contributed by atoms with Crippen LogP contribution in [-0.2, 0) is 14.6 Å². The van der Waals surface area contributed by atoms with Gasteiger partial charge in [-0.25, -0.2) is 8.42 Å². The van der Waals surface area contributed by atoms with Gasteiger partial charge in [0, 0.05) is 12.3 Å². The van der Waals surface area contributed by atoms with Gasteiger partial charge in [-0.15, -0.1) is 0 Å². The van der Waals surface area contributed by atoms with Gasteiger partial charge in [0.2, 0.25) is 5.91 Å². The molecule has 0 saturated heterocycles. The van der Waals surface area contributed by atoms with E-state index in [0.717, 1.165) is 0 Å². The van der Waals surface area contributed by atoms with Crippen LogP contribution in [0.1, 0.15) is 16.4 Å². The summed E-state index contributed by atoms with van der Waals surface area (Å²) in [6, 6.07) is 12.5. The molecule has 1 heterocycles. The van der Waals surface area contributed by atoms with E-state index in [-0.39, 0.29) is 10.6 Å². The van der Waals surface area contributed by atoms with Crippen LogP contribution in [-0.4, -0.2) is 40.6 Å². The fourth-order valence-corrected chi connectivity index (χ4v) is 4.98. The van der Waals surface area contributed by atoms with E-state index in [0.29, 0.717) is 28.3 Å². The number of amides is 1. The highest BCUT2D eigenvalue weighted by Crippen LogP contribution is 2.37. The second kappa shape index (κ2) is 9.69. The summed E-state index contributed by atoms with van der Waals surface area (Å²) < 4.78 is 43.3. The average molecular weight is 457 g/mol. The van der Waals surface area contributed by atoms with Crippen LogP contribution in [0.4, 0.5) is 5.69 Å². The summed E-state index contributed by atoms with van der Waals surface area (Å²) in [7, 11) is 0.136. The summed E-state index contributed by atoms with van der Waals surface area (Å²) in [6.07, 6.45) is 3.00. The van der Waals surface area contributed by atoms with Gasteiger partial charge in [0.15, 0.2) is 26.6 Å². The van der Waals surface area contributed by atoms with Gasteiger partial charge in [-0.05, 0) is 54.4 Å². The summed E-state index contributed by atoms with van der Waals surface area (Å²) in [5, 5.41) is 1.11. The number of hydrogen-bond donors (Lipinski definition) is 1. The van der Waals surface area contributed by atoms with E-state index in [9.17, 15) is 13.2 Å². The van der Waals surface area contributed by atoms with Crippen molar-refractivity contribution in [1.82, 2.24) is 4.98 Å². The number of nitrogens with one attached hydrogen (secondary N) is 1. The molecule has 0 bridgehead atoms. The number of benzene rings is 2. The molecule has 0 radical (unpaired) electrons. The van der Waals surface area contributed by atoms with E-state index in [4.69, 9.17) is 14.2 Å². The van der Waals surface area contributed by atoms with E-state index < -0.39 is 21.0 Å². The van der Waals surface area contributed by atoms with Crippen LogP contribution in [0.5, 0.6) is 17.2 Å². The summed E-state index contributed by atoms with van der Waals surface area (Å²) in [5.41, 5.74) is 1.31. The lowest BCUT2D eigenvalue weighted by Crippen LogP contribution is -2.29. The minimum absolute atomic E-state index is 0.0799. The monoisotopic (exact) mass is 456 g/mol. The van der Waals surface area contributed by atoms with Crippen LogP contribution in [0, 0.1) is 6.92 Å². The average Bonchev–Trinajstić information content (AvgIpc) is 2.80. The molecule has 1 aromatic heterocycles. The molecule has 168 valence electrons. The van der Waals surface area contributed by atoms with E-state index in [1.807, 2.05) is 0 Å². The van der Waals surface area contributed by atoms with Crippen LogP contribution in [0.15, 0.2) is 65.8 Å². The summed E-state index contributed by atoms with van der Waals surface area (Å²) in [6.45, 7) is 1.74. The van der Waals surface area contributed by atoms with Crippen LogP contribution >= 0.6 is 0 Å². The molecule has 1 amide bonds. The van der Waals surface area contributed by atoms with Crippen molar-refractivity contribution in [2.24, 2.45) is 0 Å². The third-order valence-electron chi connectivity index (χ3n) is 4.93. The van der Waals surface area contributed by atoms with E-state index in [2.05, 4.69) is 10.3 Å². The number of carbonyl (C=O) groups excluding carboxylic acids is 1. The quantitative estimate of drug-likeness (QED) is 0.553. The number of hydrogen-bond acceptors (Lipinski definition) is 7. The normalized spacial score (nSPS) is 12.0. The number of sulfone groups is 1. The molecule has 2 aromatic carbocycles. The molecule has 8 nitrogen and oxygen atoms in total.